The molecule has 1 aliphatic heterocycles. The maximum Gasteiger partial charge on any atom is 0.131 e. The van der Waals surface area contributed by atoms with Crippen molar-refractivity contribution in [2.75, 3.05) is 0 Å². The first-order chi connectivity index (χ1) is 7.75. The van der Waals surface area contributed by atoms with Crippen molar-refractivity contribution in [1.29, 1.82) is 0 Å². The van der Waals surface area contributed by atoms with Gasteiger partial charge in [-0.1, -0.05) is 42.8 Å². The van der Waals surface area contributed by atoms with Gasteiger partial charge in [-0.25, -0.2) is 0 Å². The molecule has 80 valence electrons. The number of hydrogen-bond acceptors (Lipinski definition) is 1. The molecule has 0 radical (unpaired) electrons. The summed E-state index contributed by atoms with van der Waals surface area (Å²) in [4.78, 5) is 0. The van der Waals surface area contributed by atoms with Gasteiger partial charge in [0.15, 0.2) is 0 Å². The molecule has 1 heterocycles. The lowest BCUT2D eigenvalue weighted by Gasteiger charge is -2.25. The van der Waals surface area contributed by atoms with E-state index in [4.69, 9.17) is 4.74 Å². The number of fused-ring (bicyclic) bond motifs is 2. The highest BCUT2D eigenvalue weighted by Gasteiger charge is 2.23. The number of para-hydroxylation sites is 1. The molecule has 0 aromatic heterocycles. The molecule has 0 aliphatic carbocycles. The zero-order valence-corrected chi connectivity index (χ0v) is 9.53. The van der Waals surface area contributed by atoms with Crippen LogP contribution in [0.25, 0.3) is 0 Å². The summed E-state index contributed by atoms with van der Waals surface area (Å²) >= 11 is 0. The van der Waals surface area contributed by atoms with Crippen molar-refractivity contribution in [3.8, 4) is 11.5 Å². The summed E-state index contributed by atoms with van der Waals surface area (Å²) < 4.78 is 5.90. The molecular formula is C15H14O. The smallest absolute Gasteiger partial charge is 0.131 e. The molecule has 1 unspecified atom stereocenters. The lowest BCUT2D eigenvalue weighted by atomic mass is 9.89. The maximum atomic E-state index is 5.90. The van der Waals surface area contributed by atoms with Crippen LogP contribution in [0, 0.1) is 6.92 Å². The second-order valence-corrected chi connectivity index (χ2v) is 4.40. The van der Waals surface area contributed by atoms with Crippen molar-refractivity contribution >= 4 is 0 Å². The molecule has 0 N–H and O–H groups in total. The van der Waals surface area contributed by atoms with E-state index in [1.54, 1.807) is 0 Å². The van der Waals surface area contributed by atoms with Crippen LogP contribution in [-0.4, -0.2) is 0 Å². The van der Waals surface area contributed by atoms with Crippen molar-refractivity contribution in [3.63, 3.8) is 0 Å². The van der Waals surface area contributed by atoms with Crippen molar-refractivity contribution < 1.29 is 4.74 Å². The minimum absolute atomic E-state index is 0.417. The number of benzene rings is 2. The largest absolute Gasteiger partial charge is 0.457 e. The summed E-state index contributed by atoms with van der Waals surface area (Å²) in [5.41, 5.74) is 3.85. The molecule has 1 atom stereocenters. The van der Waals surface area contributed by atoms with Gasteiger partial charge in [-0.2, -0.15) is 0 Å². The van der Waals surface area contributed by atoms with E-state index >= 15 is 0 Å². The topological polar surface area (TPSA) is 9.23 Å². The van der Waals surface area contributed by atoms with Crippen LogP contribution in [0.1, 0.15) is 29.5 Å². The van der Waals surface area contributed by atoms with Gasteiger partial charge in [0, 0.05) is 17.0 Å². The molecule has 0 amide bonds. The van der Waals surface area contributed by atoms with E-state index in [2.05, 4.69) is 44.2 Å². The van der Waals surface area contributed by atoms with E-state index in [9.17, 15) is 0 Å². The molecule has 0 fully saturated rings. The molecule has 0 saturated heterocycles. The highest BCUT2D eigenvalue weighted by molar-refractivity contribution is 5.53. The van der Waals surface area contributed by atoms with Gasteiger partial charge < -0.3 is 4.74 Å². The predicted octanol–water partition coefficient (Wildman–Crippen LogP) is 4.25. The molecule has 0 bridgehead atoms. The van der Waals surface area contributed by atoms with Gasteiger partial charge in [-0.3, -0.25) is 0 Å². The highest BCUT2D eigenvalue weighted by Crippen LogP contribution is 2.43. The van der Waals surface area contributed by atoms with Crippen LogP contribution in [0.5, 0.6) is 11.5 Å². The summed E-state index contributed by atoms with van der Waals surface area (Å²) in [5, 5.41) is 0. The van der Waals surface area contributed by atoms with E-state index in [0.29, 0.717) is 5.92 Å². The second kappa shape index (κ2) is 3.38. The van der Waals surface area contributed by atoms with Crippen LogP contribution < -0.4 is 4.74 Å². The molecule has 1 nitrogen and oxygen atoms in total. The monoisotopic (exact) mass is 210 g/mol. The third-order valence-electron chi connectivity index (χ3n) is 3.24. The number of hydrogen-bond donors (Lipinski definition) is 0. The van der Waals surface area contributed by atoms with Gasteiger partial charge in [0.1, 0.15) is 11.5 Å². The third-order valence-corrected chi connectivity index (χ3v) is 3.24. The zero-order valence-electron chi connectivity index (χ0n) is 9.53. The average molecular weight is 210 g/mol. The first-order valence-corrected chi connectivity index (χ1v) is 5.63. The molecule has 1 heteroatoms. The van der Waals surface area contributed by atoms with Gasteiger partial charge >= 0.3 is 0 Å². The summed E-state index contributed by atoms with van der Waals surface area (Å²) in [6.45, 7) is 4.35. The van der Waals surface area contributed by atoms with E-state index in [1.807, 2.05) is 12.1 Å². The fourth-order valence-corrected chi connectivity index (χ4v) is 2.32. The molecule has 0 spiro atoms. The van der Waals surface area contributed by atoms with Crippen LogP contribution >= 0.6 is 0 Å². The molecule has 3 rings (SSSR count). The predicted molar refractivity (Wildman–Crippen MR) is 65.2 cm³/mol. The molecular weight excluding hydrogens is 196 g/mol. The minimum atomic E-state index is 0.417. The van der Waals surface area contributed by atoms with Crippen molar-refractivity contribution in [1.82, 2.24) is 0 Å². The van der Waals surface area contributed by atoms with E-state index in [0.717, 1.165) is 11.5 Å². The number of aryl methyl sites for hydroxylation is 1. The van der Waals surface area contributed by atoms with Crippen LogP contribution in [0.15, 0.2) is 42.5 Å². The molecule has 1 aliphatic rings. The van der Waals surface area contributed by atoms with Gasteiger partial charge in [0.2, 0.25) is 0 Å². The number of rotatable bonds is 0. The Morgan fingerprint density at radius 2 is 1.69 bits per heavy atom. The first-order valence-electron chi connectivity index (χ1n) is 5.63. The molecule has 2 aromatic carbocycles. The lowest BCUT2D eigenvalue weighted by molar-refractivity contribution is 0.449. The summed E-state index contributed by atoms with van der Waals surface area (Å²) in [6, 6.07) is 14.6. The quantitative estimate of drug-likeness (QED) is 0.631. The van der Waals surface area contributed by atoms with Gasteiger partial charge in [-0.15, -0.1) is 0 Å². The van der Waals surface area contributed by atoms with Gasteiger partial charge in [0.05, 0.1) is 0 Å². The van der Waals surface area contributed by atoms with E-state index in [-0.39, 0.29) is 0 Å². The summed E-state index contributed by atoms with van der Waals surface area (Å²) in [6.07, 6.45) is 0. The Kier molecular flexibility index (Phi) is 2.00. The fraction of sp³-hybridized carbons (Fsp3) is 0.200. The Bertz CT molecular complexity index is 543. The van der Waals surface area contributed by atoms with Crippen LogP contribution in [0.4, 0.5) is 0 Å². The van der Waals surface area contributed by atoms with Crippen LogP contribution in [0.2, 0.25) is 0 Å². The summed E-state index contributed by atoms with van der Waals surface area (Å²) in [7, 11) is 0. The number of ether oxygens (including phenoxy) is 1. The average Bonchev–Trinajstić information content (AvgIpc) is 2.31. The Hall–Kier alpha value is -1.76. The van der Waals surface area contributed by atoms with E-state index < -0.39 is 0 Å². The first kappa shape index (κ1) is 9.46. The zero-order chi connectivity index (χ0) is 11.1. The normalized spacial score (nSPS) is 17.2. The van der Waals surface area contributed by atoms with Crippen LogP contribution in [0.3, 0.4) is 0 Å². The SMILES string of the molecule is Cc1ccc2c(c1)C(C)c1ccccc1O2. The second-order valence-electron chi connectivity index (χ2n) is 4.40. The maximum absolute atomic E-state index is 5.90. The van der Waals surface area contributed by atoms with Crippen molar-refractivity contribution in [3.05, 3.63) is 59.2 Å². The summed E-state index contributed by atoms with van der Waals surface area (Å²) in [5.74, 6) is 2.41. The Labute approximate surface area is 95.7 Å². The van der Waals surface area contributed by atoms with Gasteiger partial charge in [0.25, 0.3) is 0 Å². The lowest BCUT2D eigenvalue weighted by Crippen LogP contribution is -2.07. The minimum Gasteiger partial charge on any atom is -0.457 e. The van der Waals surface area contributed by atoms with Crippen molar-refractivity contribution in [2.24, 2.45) is 0 Å². The molecule has 2 aromatic rings. The van der Waals surface area contributed by atoms with Crippen molar-refractivity contribution in [2.45, 2.75) is 19.8 Å². The Morgan fingerprint density at radius 1 is 0.938 bits per heavy atom. The molecule has 0 saturated carbocycles. The van der Waals surface area contributed by atoms with E-state index in [1.165, 1.54) is 16.7 Å². The Balaban J connectivity index is 2.19. The molecule has 16 heavy (non-hydrogen) atoms. The highest BCUT2D eigenvalue weighted by atomic mass is 16.5. The third kappa shape index (κ3) is 1.32. The standard InChI is InChI=1S/C15H14O/c1-10-7-8-15-13(9-10)11(2)12-5-3-4-6-14(12)16-15/h3-9,11H,1-2H3. The Morgan fingerprint density at radius 3 is 2.56 bits per heavy atom. The van der Waals surface area contributed by atoms with Gasteiger partial charge in [-0.05, 0) is 19.1 Å². The van der Waals surface area contributed by atoms with Crippen LogP contribution in [-0.2, 0) is 0 Å². The fourth-order valence-electron chi connectivity index (χ4n) is 2.32.